The van der Waals surface area contributed by atoms with E-state index in [0.29, 0.717) is 26.4 Å². The predicted molar refractivity (Wildman–Crippen MR) is 87.8 cm³/mol. The summed E-state index contributed by atoms with van der Waals surface area (Å²) < 4.78 is 18.0. The number of benzene rings is 1. The summed E-state index contributed by atoms with van der Waals surface area (Å²) in [5.74, 6) is 0. The van der Waals surface area contributed by atoms with Gasteiger partial charge in [0.2, 0.25) is 0 Å². The SMILES string of the molecule is CCCO[Si](NCc1ccccc1)(OCCC)OCCC. The molecule has 0 spiro atoms. The van der Waals surface area contributed by atoms with Crippen molar-refractivity contribution in [1.29, 1.82) is 0 Å². The van der Waals surface area contributed by atoms with Gasteiger partial charge < -0.3 is 13.3 Å². The fourth-order valence-corrected chi connectivity index (χ4v) is 4.19. The van der Waals surface area contributed by atoms with Crippen molar-refractivity contribution >= 4 is 8.97 Å². The minimum atomic E-state index is -2.79. The van der Waals surface area contributed by atoms with Crippen LogP contribution in [0.15, 0.2) is 30.3 Å². The van der Waals surface area contributed by atoms with Gasteiger partial charge in [0.1, 0.15) is 0 Å². The summed E-state index contributed by atoms with van der Waals surface area (Å²) in [6.07, 6.45) is 2.85. The van der Waals surface area contributed by atoms with Crippen molar-refractivity contribution in [2.45, 2.75) is 46.6 Å². The zero-order chi connectivity index (χ0) is 15.4. The first kappa shape index (κ1) is 18.3. The van der Waals surface area contributed by atoms with Crippen LogP contribution in [0.4, 0.5) is 0 Å². The summed E-state index contributed by atoms with van der Waals surface area (Å²) in [4.78, 5) is 3.43. The van der Waals surface area contributed by atoms with E-state index in [2.05, 4.69) is 37.9 Å². The maximum absolute atomic E-state index is 5.99. The van der Waals surface area contributed by atoms with Gasteiger partial charge in [-0.1, -0.05) is 51.1 Å². The molecule has 0 unspecified atom stereocenters. The number of hydrogen-bond donors (Lipinski definition) is 1. The summed E-state index contributed by atoms with van der Waals surface area (Å²) in [7, 11) is -2.79. The second kappa shape index (κ2) is 10.9. The van der Waals surface area contributed by atoms with Crippen LogP contribution in [0.2, 0.25) is 0 Å². The van der Waals surface area contributed by atoms with Crippen LogP contribution in [-0.2, 0) is 19.8 Å². The third-order valence-electron chi connectivity index (χ3n) is 2.84. The minimum Gasteiger partial charge on any atom is -0.361 e. The highest BCUT2D eigenvalue weighted by molar-refractivity contribution is 6.57. The van der Waals surface area contributed by atoms with Crippen LogP contribution in [0.3, 0.4) is 0 Å². The summed E-state index contributed by atoms with van der Waals surface area (Å²) in [6.45, 7) is 8.94. The molecule has 21 heavy (non-hydrogen) atoms. The maximum Gasteiger partial charge on any atom is 0.597 e. The number of hydrogen-bond acceptors (Lipinski definition) is 4. The largest absolute Gasteiger partial charge is 0.597 e. The van der Waals surface area contributed by atoms with E-state index in [1.165, 1.54) is 5.56 Å². The predicted octanol–water partition coefficient (Wildman–Crippen LogP) is 3.49. The Morgan fingerprint density at radius 2 is 1.29 bits per heavy atom. The van der Waals surface area contributed by atoms with Crippen molar-refractivity contribution in [2.75, 3.05) is 19.8 Å². The van der Waals surface area contributed by atoms with Crippen molar-refractivity contribution in [3.8, 4) is 0 Å². The molecule has 0 aromatic heterocycles. The van der Waals surface area contributed by atoms with E-state index in [-0.39, 0.29) is 0 Å². The molecule has 0 aliphatic heterocycles. The Morgan fingerprint density at radius 3 is 1.71 bits per heavy atom. The Morgan fingerprint density at radius 1 is 0.810 bits per heavy atom. The molecule has 4 nitrogen and oxygen atoms in total. The van der Waals surface area contributed by atoms with Gasteiger partial charge in [-0.05, 0) is 24.8 Å². The first-order valence-electron chi connectivity index (χ1n) is 7.97. The summed E-state index contributed by atoms with van der Waals surface area (Å²) in [6, 6.07) is 10.3. The molecule has 1 rings (SSSR count). The molecule has 0 saturated carbocycles. The Bertz CT molecular complexity index is 340. The molecule has 0 bridgehead atoms. The Balaban J connectivity index is 2.69. The summed E-state index contributed by atoms with van der Waals surface area (Å²) >= 11 is 0. The Labute approximate surface area is 130 Å². The van der Waals surface area contributed by atoms with E-state index < -0.39 is 8.97 Å². The zero-order valence-electron chi connectivity index (χ0n) is 13.6. The van der Waals surface area contributed by atoms with Crippen molar-refractivity contribution in [2.24, 2.45) is 0 Å². The van der Waals surface area contributed by atoms with Gasteiger partial charge in [-0.3, -0.25) is 4.98 Å². The molecule has 0 radical (unpaired) electrons. The fourth-order valence-electron chi connectivity index (χ4n) is 1.79. The molecule has 0 aliphatic rings. The molecule has 1 aromatic rings. The molecule has 1 N–H and O–H groups in total. The Kier molecular flexibility index (Phi) is 9.53. The van der Waals surface area contributed by atoms with Gasteiger partial charge in [0.05, 0.1) is 0 Å². The van der Waals surface area contributed by atoms with Crippen molar-refractivity contribution < 1.29 is 13.3 Å². The molecular weight excluding hydrogens is 282 g/mol. The van der Waals surface area contributed by atoms with Gasteiger partial charge in [0.25, 0.3) is 0 Å². The fraction of sp³-hybridized carbons (Fsp3) is 0.625. The lowest BCUT2D eigenvalue weighted by Gasteiger charge is -2.29. The van der Waals surface area contributed by atoms with Crippen LogP contribution in [0.1, 0.15) is 45.6 Å². The van der Waals surface area contributed by atoms with Crippen molar-refractivity contribution in [1.82, 2.24) is 4.98 Å². The molecular formula is C16H29NO3Si. The highest BCUT2D eigenvalue weighted by atomic mass is 28.4. The summed E-state index contributed by atoms with van der Waals surface area (Å²) in [5.41, 5.74) is 1.20. The van der Waals surface area contributed by atoms with E-state index in [1.807, 2.05) is 18.2 Å². The highest BCUT2D eigenvalue weighted by Crippen LogP contribution is 2.10. The average molecular weight is 311 g/mol. The standard InChI is InChI=1S/C16H29NO3Si/c1-4-12-18-21(19-13-5-2,20-14-6-3)17-15-16-10-8-7-9-11-16/h7-11,17H,4-6,12-15H2,1-3H3. The van der Waals surface area contributed by atoms with Gasteiger partial charge in [-0.25, -0.2) is 0 Å². The van der Waals surface area contributed by atoms with Gasteiger partial charge in [-0.2, -0.15) is 0 Å². The first-order valence-corrected chi connectivity index (χ1v) is 9.69. The molecule has 0 aliphatic carbocycles. The second-order valence-corrected chi connectivity index (χ2v) is 7.27. The monoisotopic (exact) mass is 311 g/mol. The maximum atomic E-state index is 5.99. The quantitative estimate of drug-likeness (QED) is 0.600. The van der Waals surface area contributed by atoms with Gasteiger partial charge >= 0.3 is 8.97 Å². The van der Waals surface area contributed by atoms with Crippen LogP contribution >= 0.6 is 0 Å². The lowest BCUT2D eigenvalue weighted by Crippen LogP contribution is -2.59. The first-order chi connectivity index (χ1) is 10.3. The van der Waals surface area contributed by atoms with Crippen LogP contribution < -0.4 is 4.98 Å². The van der Waals surface area contributed by atoms with Crippen LogP contribution in [-0.4, -0.2) is 28.8 Å². The molecule has 0 heterocycles. The lowest BCUT2D eigenvalue weighted by molar-refractivity contribution is 0.0478. The third kappa shape index (κ3) is 7.20. The lowest BCUT2D eigenvalue weighted by atomic mass is 10.2. The smallest absolute Gasteiger partial charge is 0.361 e. The molecule has 0 amide bonds. The van der Waals surface area contributed by atoms with Crippen molar-refractivity contribution in [3.63, 3.8) is 0 Å². The molecule has 1 aromatic carbocycles. The van der Waals surface area contributed by atoms with E-state index >= 15 is 0 Å². The molecule has 120 valence electrons. The molecule has 5 heteroatoms. The van der Waals surface area contributed by atoms with E-state index in [0.717, 1.165) is 19.3 Å². The number of nitrogens with one attached hydrogen (secondary N) is 1. The van der Waals surface area contributed by atoms with Crippen LogP contribution in [0.25, 0.3) is 0 Å². The zero-order valence-corrected chi connectivity index (χ0v) is 14.6. The van der Waals surface area contributed by atoms with E-state index in [9.17, 15) is 0 Å². The average Bonchev–Trinajstić information content (AvgIpc) is 2.54. The number of rotatable bonds is 12. The second-order valence-electron chi connectivity index (χ2n) is 4.94. The van der Waals surface area contributed by atoms with Gasteiger partial charge in [-0.15, -0.1) is 0 Å². The topological polar surface area (TPSA) is 39.7 Å². The molecule has 0 atom stereocenters. The minimum absolute atomic E-state index is 0.654. The molecule has 0 fully saturated rings. The van der Waals surface area contributed by atoms with E-state index in [4.69, 9.17) is 13.3 Å². The van der Waals surface area contributed by atoms with Crippen LogP contribution in [0.5, 0.6) is 0 Å². The van der Waals surface area contributed by atoms with Gasteiger partial charge in [0, 0.05) is 26.4 Å². The van der Waals surface area contributed by atoms with Gasteiger partial charge in [0.15, 0.2) is 0 Å². The normalized spacial score (nSPS) is 11.8. The highest BCUT2D eigenvalue weighted by Gasteiger charge is 2.41. The van der Waals surface area contributed by atoms with Crippen LogP contribution in [0, 0.1) is 0 Å². The van der Waals surface area contributed by atoms with E-state index in [1.54, 1.807) is 0 Å². The van der Waals surface area contributed by atoms with Crippen molar-refractivity contribution in [3.05, 3.63) is 35.9 Å². The summed E-state index contributed by atoms with van der Waals surface area (Å²) in [5, 5.41) is 0. The molecule has 0 saturated heterocycles. The third-order valence-corrected chi connectivity index (χ3v) is 5.20. The Hall–Kier alpha value is -0.723.